The van der Waals surface area contributed by atoms with Crippen LogP contribution in [-0.2, 0) is 0 Å². The van der Waals surface area contributed by atoms with Crippen LogP contribution in [0.4, 0.5) is 0 Å². The second kappa shape index (κ2) is 4.61. The van der Waals surface area contributed by atoms with Crippen LogP contribution >= 0.6 is 0 Å². The molecule has 6 nitrogen and oxygen atoms in total. The Kier molecular flexibility index (Phi) is 3.40. The number of nitrogens with zero attached hydrogens (tertiary/aromatic N) is 1. The van der Waals surface area contributed by atoms with E-state index in [1.165, 1.54) is 10.8 Å². The summed E-state index contributed by atoms with van der Waals surface area (Å²) in [5.41, 5.74) is -1.04. The fourth-order valence-electron chi connectivity index (χ4n) is 2.88. The predicted octanol–water partition coefficient (Wildman–Crippen LogP) is -0.215. The zero-order valence-corrected chi connectivity index (χ0v) is 11.4. The maximum Gasteiger partial charge on any atom is 0.328 e. The number of aryl methyl sites for hydroxylation is 1. The quantitative estimate of drug-likeness (QED) is 0.691. The van der Waals surface area contributed by atoms with E-state index in [0.717, 1.165) is 0 Å². The summed E-state index contributed by atoms with van der Waals surface area (Å²) in [6.07, 6.45) is 1.25. The molecule has 1 aromatic heterocycles. The Balaban J connectivity index is 2.48. The molecular formula is C13H20N2O4. The van der Waals surface area contributed by atoms with Crippen molar-refractivity contribution in [1.82, 2.24) is 9.55 Å². The van der Waals surface area contributed by atoms with Crippen LogP contribution in [0.5, 0.6) is 0 Å². The molecule has 0 aromatic carbocycles. The topological polar surface area (TPSA) is 95.3 Å². The highest BCUT2D eigenvalue weighted by molar-refractivity contribution is 5.06. The minimum Gasteiger partial charge on any atom is -0.396 e. The lowest BCUT2D eigenvalue weighted by atomic mass is 9.79. The number of aliphatic hydroxyl groups is 2. The lowest BCUT2D eigenvalue weighted by Crippen LogP contribution is -2.38. The lowest BCUT2D eigenvalue weighted by Gasteiger charge is -2.31. The highest BCUT2D eigenvalue weighted by atomic mass is 16.3. The van der Waals surface area contributed by atoms with Gasteiger partial charge in [-0.1, -0.05) is 13.8 Å². The molecule has 0 spiro atoms. The summed E-state index contributed by atoms with van der Waals surface area (Å²) in [5, 5.41) is 19.6. The van der Waals surface area contributed by atoms with E-state index in [0.29, 0.717) is 12.0 Å². The first-order chi connectivity index (χ1) is 8.81. The Morgan fingerprint density at radius 3 is 2.68 bits per heavy atom. The Morgan fingerprint density at radius 1 is 1.53 bits per heavy atom. The second-order valence-electron chi connectivity index (χ2n) is 5.75. The summed E-state index contributed by atoms with van der Waals surface area (Å²) in [6, 6.07) is -0.227. The monoisotopic (exact) mass is 268 g/mol. The molecule has 1 aliphatic carbocycles. The van der Waals surface area contributed by atoms with Crippen molar-refractivity contribution in [1.29, 1.82) is 0 Å². The van der Waals surface area contributed by atoms with E-state index in [-0.39, 0.29) is 18.6 Å². The van der Waals surface area contributed by atoms with Crippen molar-refractivity contribution >= 4 is 0 Å². The highest BCUT2D eigenvalue weighted by Crippen LogP contribution is 2.48. The molecule has 0 aliphatic heterocycles. The van der Waals surface area contributed by atoms with Crippen LogP contribution < -0.4 is 11.2 Å². The first kappa shape index (κ1) is 14.0. The molecule has 19 heavy (non-hydrogen) atoms. The van der Waals surface area contributed by atoms with E-state index in [1.807, 2.05) is 13.8 Å². The highest BCUT2D eigenvalue weighted by Gasteiger charge is 2.49. The molecule has 0 amide bonds. The van der Waals surface area contributed by atoms with E-state index in [1.54, 1.807) is 6.92 Å². The maximum atomic E-state index is 11.9. The van der Waals surface area contributed by atoms with Gasteiger partial charge in [-0.2, -0.15) is 0 Å². The number of aromatic nitrogens is 2. The molecule has 106 valence electrons. The van der Waals surface area contributed by atoms with Crippen LogP contribution in [-0.4, -0.2) is 32.5 Å². The average Bonchev–Trinajstić information content (AvgIpc) is 2.59. The summed E-state index contributed by atoms with van der Waals surface area (Å²) < 4.78 is 1.46. The Bertz CT molecular complexity index is 591. The second-order valence-corrected chi connectivity index (χ2v) is 5.75. The number of hydrogen-bond donors (Lipinski definition) is 3. The van der Waals surface area contributed by atoms with E-state index >= 15 is 0 Å². The van der Waals surface area contributed by atoms with Gasteiger partial charge in [0.05, 0.1) is 12.7 Å². The van der Waals surface area contributed by atoms with Crippen LogP contribution in [0.3, 0.4) is 0 Å². The van der Waals surface area contributed by atoms with E-state index in [4.69, 9.17) is 0 Å². The minimum atomic E-state index is -0.670. The fraction of sp³-hybridized carbons (Fsp3) is 0.692. The standard InChI is InChI=1S/C13H20N2O4/c1-7-5-15(12(19)14-11(7)18)9-4-10(17)13(3,6-16)8(9)2/h5,8-10,16-17H,4,6H2,1-3H3,(H,14,18,19)/t8?,9-,10-,13+/m0/s1. The molecule has 1 aromatic rings. The van der Waals surface area contributed by atoms with Crippen LogP contribution in [0.2, 0.25) is 0 Å². The van der Waals surface area contributed by atoms with E-state index in [9.17, 15) is 19.8 Å². The summed E-state index contributed by atoms with van der Waals surface area (Å²) >= 11 is 0. The van der Waals surface area contributed by atoms with Crippen molar-refractivity contribution in [3.8, 4) is 0 Å². The zero-order chi connectivity index (χ0) is 14.4. The first-order valence-corrected chi connectivity index (χ1v) is 6.42. The molecule has 1 unspecified atom stereocenters. The number of H-pyrrole nitrogens is 1. The Labute approximate surface area is 110 Å². The SMILES string of the molecule is Cc1cn([C@H]2C[C@H](O)[C@](C)(CO)C2C)c(=O)[nH]c1=O. The molecule has 1 aliphatic rings. The molecule has 6 heteroatoms. The molecule has 1 fully saturated rings. The minimum absolute atomic E-state index is 0.0736. The number of rotatable bonds is 2. The fourth-order valence-corrected chi connectivity index (χ4v) is 2.88. The third-order valence-electron chi connectivity index (χ3n) is 4.69. The van der Waals surface area contributed by atoms with Crippen LogP contribution in [0.1, 0.15) is 31.9 Å². The third kappa shape index (κ3) is 2.04. The summed E-state index contributed by atoms with van der Waals surface area (Å²) in [7, 11) is 0. The largest absolute Gasteiger partial charge is 0.396 e. The molecule has 1 saturated carbocycles. The van der Waals surface area contributed by atoms with Gasteiger partial charge in [-0.05, 0) is 19.3 Å². The summed E-state index contributed by atoms with van der Waals surface area (Å²) in [5.74, 6) is -0.0736. The van der Waals surface area contributed by atoms with E-state index < -0.39 is 22.8 Å². The van der Waals surface area contributed by atoms with Crippen molar-refractivity contribution in [2.45, 2.75) is 39.3 Å². The summed E-state index contributed by atoms with van der Waals surface area (Å²) in [6.45, 7) is 5.22. The first-order valence-electron chi connectivity index (χ1n) is 6.42. The Morgan fingerprint density at radius 2 is 2.16 bits per heavy atom. The van der Waals surface area contributed by atoms with Gasteiger partial charge in [0.25, 0.3) is 5.56 Å². The molecule has 0 radical (unpaired) electrons. The predicted molar refractivity (Wildman–Crippen MR) is 70.1 cm³/mol. The molecule has 3 N–H and O–H groups in total. The average molecular weight is 268 g/mol. The normalized spacial score (nSPS) is 34.7. The van der Waals surface area contributed by atoms with Crippen molar-refractivity contribution < 1.29 is 10.2 Å². The molecule has 2 rings (SSSR count). The molecular weight excluding hydrogens is 248 g/mol. The van der Waals surface area contributed by atoms with Gasteiger partial charge in [0.1, 0.15) is 0 Å². The van der Waals surface area contributed by atoms with Crippen molar-refractivity contribution in [2.75, 3.05) is 6.61 Å². The van der Waals surface area contributed by atoms with Gasteiger partial charge >= 0.3 is 5.69 Å². The Hall–Kier alpha value is -1.40. The zero-order valence-electron chi connectivity index (χ0n) is 11.4. The van der Waals surface area contributed by atoms with Gasteiger partial charge in [-0.3, -0.25) is 14.3 Å². The van der Waals surface area contributed by atoms with E-state index in [2.05, 4.69) is 4.98 Å². The van der Waals surface area contributed by atoms with Crippen LogP contribution in [0.25, 0.3) is 0 Å². The van der Waals surface area contributed by atoms with Crippen molar-refractivity contribution in [2.24, 2.45) is 11.3 Å². The molecule has 0 bridgehead atoms. The van der Waals surface area contributed by atoms with Crippen molar-refractivity contribution in [3.63, 3.8) is 0 Å². The van der Waals surface area contributed by atoms with Gasteiger partial charge in [-0.25, -0.2) is 4.79 Å². The van der Waals surface area contributed by atoms with Crippen LogP contribution in [0, 0.1) is 18.3 Å². The molecule has 1 heterocycles. The van der Waals surface area contributed by atoms with Gasteiger partial charge in [0, 0.05) is 23.2 Å². The van der Waals surface area contributed by atoms with Crippen LogP contribution in [0.15, 0.2) is 15.8 Å². The molecule has 0 saturated heterocycles. The van der Waals surface area contributed by atoms with Crippen molar-refractivity contribution in [3.05, 3.63) is 32.6 Å². The lowest BCUT2D eigenvalue weighted by molar-refractivity contribution is -0.00374. The smallest absolute Gasteiger partial charge is 0.328 e. The number of nitrogens with one attached hydrogen (secondary N) is 1. The van der Waals surface area contributed by atoms with Gasteiger partial charge in [0.2, 0.25) is 0 Å². The molecule has 4 atom stereocenters. The third-order valence-corrected chi connectivity index (χ3v) is 4.69. The van der Waals surface area contributed by atoms with Gasteiger partial charge < -0.3 is 10.2 Å². The number of aliphatic hydroxyl groups excluding tert-OH is 2. The number of aromatic amines is 1. The number of hydrogen-bond acceptors (Lipinski definition) is 4. The van der Waals surface area contributed by atoms with Gasteiger partial charge in [0.15, 0.2) is 0 Å². The summed E-state index contributed by atoms with van der Waals surface area (Å²) in [4.78, 5) is 25.5. The maximum absolute atomic E-state index is 11.9. The van der Waals surface area contributed by atoms with Gasteiger partial charge in [-0.15, -0.1) is 0 Å².